The molecular formula is C23H27F3N4O2. The van der Waals surface area contributed by atoms with Crippen molar-refractivity contribution in [2.75, 3.05) is 18.0 Å². The number of carbonyl (C=O) groups excluding carboxylic acids is 1. The molecule has 1 aromatic heterocycles. The summed E-state index contributed by atoms with van der Waals surface area (Å²) in [5.41, 5.74) is 7.52. The van der Waals surface area contributed by atoms with Crippen LogP contribution in [0.2, 0.25) is 0 Å². The van der Waals surface area contributed by atoms with E-state index in [0.717, 1.165) is 18.9 Å². The molecule has 2 aliphatic rings. The minimum absolute atomic E-state index is 0.0255. The molecule has 0 radical (unpaired) electrons. The largest absolute Gasteiger partial charge is 0.435 e. The molecule has 4 rings (SSSR count). The molecule has 9 heteroatoms. The minimum Gasteiger partial charge on any atom is -0.435 e. The molecule has 1 unspecified atom stereocenters. The first-order valence-corrected chi connectivity index (χ1v) is 10.7. The van der Waals surface area contributed by atoms with Crippen molar-refractivity contribution < 1.29 is 22.7 Å². The topological polar surface area (TPSA) is 80.5 Å². The van der Waals surface area contributed by atoms with Crippen LogP contribution in [0.15, 0.2) is 30.6 Å². The van der Waals surface area contributed by atoms with Gasteiger partial charge in [-0.1, -0.05) is 0 Å². The van der Waals surface area contributed by atoms with Gasteiger partial charge in [-0.3, -0.25) is 9.78 Å². The van der Waals surface area contributed by atoms with Gasteiger partial charge in [0, 0.05) is 48.7 Å². The number of nitrogens with one attached hydrogen (secondary N) is 1. The summed E-state index contributed by atoms with van der Waals surface area (Å²) in [5, 5.41) is 3.04. The Morgan fingerprint density at radius 3 is 2.69 bits per heavy atom. The summed E-state index contributed by atoms with van der Waals surface area (Å²) in [7, 11) is 0. The molecule has 2 atom stereocenters. The van der Waals surface area contributed by atoms with Gasteiger partial charge < -0.3 is 20.7 Å². The summed E-state index contributed by atoms with van der Waals surface area (Å²) < 4.78 is 44.1. The molecule has 0 bridgehead atoms. The normalized spacial score (nSPS) is 21.7. The Bertz CT molecular complexity index is 1010. The number of carbonyl (C=O) groups is 1. The van der Waals surface area contributed by atoms with Crippen molar-refractivity contribution in [1.82, 2.24) is 10.3 Å². The highest BCUT2D eigenvalue weighted by Crippen LogP contribution is 2.39. The third-order valence-corrected chi connectivity index (χ3v) is 6.08. The molecule has 1 aliphatic heterocycles. The SMILES string of the molecule is CC(NC(=O)c1cncc(-c2cc(F)cc(OC(F)F)c2)c1N1CC[C@](C)(N)C1)C1CC1. The number of ether oxygens (including phenoxy) is 1. The Morgan fingerprint density at radius 2 is 2.06 bits per heavy atom. The lowest BCUT2D eigenvalue weighted by Gasteiger charge is -2.27. The lowest BCUT2D eigenvalue weighted by molar-refractivity contribution is -0.0499. The van der Waals surface area contributed by atoms with Gasteiger partial charge in [0.15, 0.2) is 0 Å². The van der Waals surface area contributed by atoms with E-state index in [2.05, 4.69) is 15.0 Å². The highest BCUT2D eigenvalue weighted by atomic mass is 19.3. The summed E-state index contributed by atoms with van der Waals surface area (Å²) in [4.78, 5) is 19.4. The summed E-state index contributed by atoms with van der Waals surface area (Å²) in [6, 6.07) is 3.45. The van der Waals surface area contributed by atoms with E-state index in [1.165, 1.54) is 24.5 Å². The molecule has 1 aromatic carbocycles. The van der Waals surface area contributed by atoms with E-state index in [-0.39, 0.29) is 17.7 Å². The van der Waals surface area contributed by atoms with Crippen LogP contribution in [-0.4, -0.2) is 42.2 Å². The van der Waals surface area contributed by atoms with E-state index in [1.807, 2.05) is 18.7 Å². The van der Waals surface area contributed by atoms with Gasteiger partial charge in [0.05, 0.1) is 11.3 Å². The lowest BCUT2D eigenvalue weighted by Crippen LogP contribution is -2.40. The van der Waals surface area contributed by atoms with Gasteiger partial charge in [-0.15, -0.1) is 0 Å². The van der Waals surface area contributed by atoms with Gasteiger partial charge >= 0.3 is 6.61 Å². The fraction of sp³-hybridized carbons (Fsp3) is 0.478. The van der Waals surface area contributed by atoms with Crippen molar-refractivity contribution in [3.63, 3.8) is 0 Å². The Hall–Kier alpha value is -2.81. The van der Waals surface area contributed by atoms with E-state index in [0.29, 0.717) is 47.8 Å². The monoisotopic (exact) mass is 448 g/mol. The maximum absolute atomic E-state index is 14.3. The number of rotatable bonds is 7. The summed E-state index contributed by atoms with van der Waals surface area (Å²) in [6.45, 7) is 1.90. The van der Waals surface area contributed by atoms with Crippen LogP contribution in [0.3, 0.4) is 0 Å². The van der Waals surface area contributed by atoms with Crippen LogP contribution in [0, 0.1) is 11.7 Å². The number of halogens is 3. The minimum atomic E-state index is -3.08. The third kappa shape index (κ3) is 4.98. The van der Waals surface area contributed by atoms with Crippen molar-refractivity contribution in [2.45, 2.75) is 51.3 Å². The quantitative estimate of drug-likeness (QED) is 0.671. The first-order chi connectivity index (χ1) is 15.1. The van der Waals surface area contributed by atoms with Crippen LogP contribution in [0.5, 0.6) is 5.75 Å². The number of hydrogen-bond acceptors (Lipinski definition) is 5. The summed E-state index contributed by atoms with van der Waals surface area (Å²) >= 11 is 0. The molecule has 2 heterocycles. The van der Waals surface area contributed by atoms with Gasteiger partial charge in [0.2, 0.25) is 0 Å². The standard InChI is InChI=1S/C23H27F3N4O2/c1-13(14-3-4-14)29-21(31)19-11-28-10-18(20(19)30-6-5-23(2,27)12-30)15-7-16(24)9-17(8-15)32-22(25)26/h7-11,13-14,22H,3-6,12,27H2,1-2H3,(H,29,31)/t13?,23-/m0/s1. The molecule has 2 aromatic rings. The number of hydrogen-bond donors (Lipinski definition) is 2. The molecule has 0 spiro atoms. The van der Waals surface area contributed by atoms with Crippen molar-refractivity contribution in [1.29, 1.82) is 0 Å². The molecule has 6 nitrogen and oxygen atoms in total. The zero-order valence-corrected chi connectivity index (χ0v) is 18.1. The van der Waals surface area contributed by atoms with Crippen molar-refractivity contribution >= 4 is 11.6 Å². The molecule has 2 fully saturated rings. The zero-order chi connectivity index (χ0) is 23.0. The first-order valence-electron chi connectivity index (χ1n) is 10.7. The van der Waals surface area contributed by atoms with E-state index in [1.54, 1.807) is 0 Å². The van der Waals surface area contributed by atoms with Crippen LogP contribution in [0.4, 0.5) is 18.9 Å². The number of amides is 1. The number of benzene rings is 1. The average Bonchev–Trinajstić information content (AvgIpc) is 3.49. The fourth-order valence-corrected chi connectivity index (χ4v) is 4.23. The van der Waals surface area contributed by atoms with Crippen LogP contribution >= 0.6 is 0 Å². The first kappa shape index (κ1) is 22.4. The number of nitrogens with two attached hydrogens (primary N) is 1. The van der Waals surface area contributed by atoms with Crippen LogP contribution < -0.4 is 20.7 Å². The lowest BCUT2D eigenvalue weighted by atomic mass is 10.00. The Kier molecular flexibility index (Phi) is 6.03. The highest BCUT2D eigenvalue weighted by molar-refractivity contribution is 6.03. The van der Waals surface area contributed by atoms with Gasteiger partial charge in [-0.05, 0) is 56.7 Å². The average molecular weight is 448 g/mol. The van der Waals surface area contributed by atoms with Crippen molar-refractivity contribution in [3.05, 3.63) is 42.0 Å². The second-order valence-electron chi connectivity index (χ2n) is 9.06. The number of aromatic nitrogens is 1. The molecule has 1 amide bonds. The maximum atomic E-state index is 14.3. The van der Waals surface area contributed by atoms with E-state index in [4.69, 9.17) is 5.73 Å². The summed E-state index contributed by atoms with van der Waals surface area (Å²) in [6.07, 6.45) is 5.86. The molecule has 3 N–H and O–H groups in total. The highest BCUT2D eigenvalue weighted by Gasteiger charge is 2.35. The fourth-order valence-electron chi connectivity index (χ4n) is 4.23. The molecule has 1 saturated heterocycles. The smallest absolute Gasteiger partial charge is 0.387 e. The number of alkyl halides is 2. The molecule has 32 heavy (non-hydrogen) atoms. The van der Waals surface area contributed by atoms with Gasteiger partial charge in [0.25, 0.3) is 5.91 Å². The van der Waals surface area contributed by atoms with Crippen LogP contribution in [0.25, 0.3) is 11.1 Å². The maximum Gasteiger partial charge on any atom is 0.387 e. The van der Waals surface area contributed by atoms with Crippen molar-refractivity contribution in [2.24, 2.45) is 11.7 Å². The van der Waals surface area contributed by atoms with Gasteiger partial charge in [0.1, 0.15) is 11.6 Å². The predicted molar refractivity (Wildman–Crippen MR) is 115 cm³/mol. The number of anilines is 1. The second-order valence-corrected chi connectivity index (χ2v) is 9.06. The Balaban J connectivity index is 1.78. The van der Waals surface area contributed by atoms with Crippen molar-refractivity contribution in [3.8, 4) is 16.9 Å². The molecule has 1 aliphatic carbocycles. The van der Waals surface area contributed by atoms with E-state index < -0.39 is 18.0 Å². The third-order valence-electron chi connectivity index (χ3n) is 6.08. The zero-order valence-electron chi connectivity index (χ0n) is 18.1. The summed E-state index contributed by atoms with van der Waals surface area (Å²) in [5.74, 6) is -0.843. The van der Waals surface area contributed by atoms with Gasteiger partial charge in [-0.25, -0.2) is 4.39 Å². The van der Waals surface area contributed by atoms with Crippen LogP contribution in [0.1, 0.15) is 43.5 Å². The number of pyridine rings is 1. The predicted octanol–water partition coefficient (Wildman–Crippen LogP) is 3.94. The Labute approximate surface area is 184 Å². The second kappa shape index (κ2) is 8.61. The van der Waals surface area contributed by atoms with Crippen LogP contribution in [-0.2, 0) is 0 Å². The molecule has 1 saturated carbocycles. The number of nitrogens with zero attached hydrogens (tertiary/aromatic N) is 2. The van der Waals surface area contributed by atoms with Gasteiger partial charge in [-0.2, -0.15) is 8.78 Å². The molecule has 172 valence electrons. The van der Waals surface area contributed by atoms with E-state index >= 15 is 0 Å². The van der Waals surface area contributed by atoms with E-state index in [9.17, 15) is 18.0 Å². The Morgan fingerprint density at radius 1 is 1.31 bits per heavy atom. The molecular weight excluding hydrogens is 421 g/mol.